The van der Waals surface area contributed by atoms with Gasteiger partial charge in [0.2, 0.25) is 11.7 Å². The first kappa shape index (κ1) is 14.1. The molecule has 0 aliphatic heterocycles. The molecule has 1 aliphatic carbocycles. The maximum absolute atomic E-state index is 5.76. The topological polar surface area (TPSA) is 74.2 Å². The minimum Gasteiger partial charge on any atom is -0.399 e. The Morgan fingerprint density at radius 3 is 2.43 bits per heavy atom. The lowest BCUT2D eigenvalue weighted by molar-refractivity contribution is 0.0555. The van der Waals surface area contributed by atoms with E-state index in [1.54, 1.807) is 7.11 Å². The van der Waals surface area contributed by atoms with Gasteiger partial charge in [-0.1, -0.05) is 31.1 Å². The van der Waals surface area contributed by atoms with Gasteiger partial charge in [0.25, 0.3) is 0 Å². The van der Waals surface area contributed by atoms with E-state index in [0.29, 0.717) is 17.6 Å². The van der Waals surface area contributed by atoms with Crippen molar-refractivity contribution in [2.24, 2.45) is 5.92 Å². The fourth-order valence-corrected chi connectivity index (χ4v) is 2.77. The number of aromatic nitrogens is 2. The minimum absolute atomic E-state index is 0.131. The van der Waals surface area contributed by atoms with E-state index in [9.17, 15) is 0 Å². The predicted octanol–water partition coefficient (Wildman–Crippen LogP) is 3.08. The highest BCUT2D eigenvalue weighted by molar-refractivity contribution is 5.46. The highest BCUT2D eigenvalue weighted by atomic mass is 16.5. The summed E-state index contributed by atoms with van der Waals surface area (Å²) < 4.78 is 11.0. The van der Waals surface area contributed by atoms with E-state index in [1.807, 2.05) is 24.3 Å². The lowest BCUT2D eigenvalue weighted by Gasteiger charge is -2.14. The molecule has 1 aromatic heterocycles. The molecule has 2 N–H and O–H groups in total. The van der Waals surface area contributed by atoms with Crippen molar-refractivity contribution in [3.63, 3.8) is 0 Å². The number of benzene rings is 1. The molecule has 0 spiro atoms. The van der Waals surface area contributed by atoms with Crippen molar-refractivity contribution in [2.45, 2.75) is 38.2 Å². The normalized spacial score (nSPS) is 17.9. The van der Waals surface area contributed by atoms with Crippen molar-refractivity contribution in [3.05, 3.63) is 41.5 Å². The van der Waals surface area contributed by atoms with Gasteiger partial charge >= 0.3 is 0 Å². The first-order valence-electron chi connectivity index (χ1n) is 7.30. The zero-order chi connectivity index (χ0) is 15.0. The summed E-state index contributed by atoms with van der Waals surface area (Å²) in [6.45, 7) is 4.16. The Bertz CT molecular complexity index is 615. The molecule has 5 heteroatoms. The third kappa shape index (κ3) is 2.42. The Morgan fingerprint density at radius 2 is 1.90 bits per heavy atom. The van der Waals surface area contributed by atoms with Crippen LogP contribution in [-0.4, -0.2) is 17.3 Å². The first-order valence-corrected chi connectivity index (χ1v) is 7.30. The number of methoxy groups -OCH3 is 1. The van der Waals surface area contributed by atoms with Gasteiger partial charge in [-0.05, 0) is 36.5 Å². The smallest absolute Gasteiger partial charge is 0.237 e. The summed E-state index contributed by atoms with van der Waals surface area (Å²) in [5, 5.41) is 4.12. The minimum atomic E-state index is -0.135. The van der Waals surface area contributed by atoms with E-state index in [-0.39, 0.29) is 11.5 Å². The summed E-state index contributed by atoms with van der Waals surface area (Å²) in [5.41, 5.74) is 7.57. The van der Waals surface area contributed by atoms with Crippen LogP contribution in [0.2, 0.25) is 0 Å². The van der Waals surface area contributed by atoms with Crippen molar-refractivity contribution in [1.82, 2.24) is 10.1 Å². The fourth-order valence-electron chi connectivity index (χ4n) is 2.77. The summed E-state index contributed by atoms with van der Waals surface area (Å²) in [6, 6.07) is 7.92. The Labute approximate surface area is 124 Å². The molecule has 1 atom stereocenters. The summed E-state index contributed by atoms with van der Waals surface area (Å²) in [5.74, 6) is 1.61. The molecule has 112 valence electrons. The van der Waals surface area contributed by atoms with E-state index < -0.39 is 0 Å². The summed E-state index contributed by atoms with van der Waals surface area (Å²) in [7, 11) is 1.67. The highest BCUT2D eigenvalue weighted by Gasteiger charge is 2.51. The standard InChI is InChI=1S/C16H21N3O2/c1-10(2)13(20-3)14-18-15(21-19-14)16(8-9-16)11-4-6-12(17)7-5-11/h4-7,10,13H,8-9,17H2,1-3H3. The third-order valence-electron chi connectivity index (χ3n) is 4.18. The number of hydrogen-bond acceptors (Lipinski definition) is 5. The van der Waals surface area contributed by atoms with Crippen LogP contribution < -0.4 is 5.73 Å². The van der Waals surface area contributed by atoms with Crippen LogP contribution in [-0.2, 0) is 10.2 Å². The Balaban J connectivity index is 1.91. The molecular formula is C16H21N3O2. The fraction of sp³-hybridized carbons (Fsp3) is 0.500. The monoisotopic (exact) mass is 287 g/mol. The Morgan fingerprint density at radius 1 is 1.24 bits per heavy atom. The van der Waals surface area contributed by atoms with E-state index in [4.69, 9.17) is 15.0 Å². The lowest BCUT2D eigenvalue weighted by atomic mass is 9.95. The molecule has 1 heterocycles. The molecule has 1 aromatic carbocycles. The van der Waals surface area contributed by atoms with Crippen LogP contribution in [0.15, 0.2) is 28.8 Å². The molecular weight excluding hydrogens is 266 g/mol. The zero-order valence-electron chi connectivity index (χ0n) is 12.7. The van der Waals surface area contributed by atoms with Crippen molar-refractivity contribution >= 4 is 5.69 Å². The van der Waals surface area contributed by atoms with Crippen LogP contribution in [0.4, 0.5) is 5.69 Å². The number of ether oxygens (including phenoxy) is 1. The number of nitrogens with zero attached hydrogens (tertiary/aromatic N) is 2. The summed E-state index contributed by atoms with van der Waals surface area (Å²) in [6.07, 6.45) is 1.92. The van der Waals surface area contributed by atoms with Crippen LogP contribution in [0, 0.1) is 5.92 Å². The van der Waals surface area contributed by atoms with Crippen LogP contribution in [0.5, 0.6) is 0 Å². The van der Waals surface area contributed by atoms with E-state index >= 15 is 0 Å². The molecule has 0 radical (unpaired) electrons. The first-order chi connectivity index (χ1) is 10.1. The van der Waals surface area contributed by atoms with Gasteiger partial charge in [0, 0.05) is 12.8 Å². The van der Waals surface area contributed by atoms with Crippen LogP contribution >= 0.6 is 0 Å². The second-order valence-electron chi connectivity index (χ2n) is 6.06. The van der Waals surface area contributed by atoms with E-state index in [2.05, 4.69) is 24.0 Å². The van der Waals surface area contributed by atoms with Gasteiger partial charge in [0.05, 0.1) is 5.41 Å². The van der Waals surface area contributed by atoms with Gasteiger partial charge in [0.15, 0.2) is 0 Å². The molecule has 2 aromatic rings. The van der Waals surface area contributed by atoms with Gasteiger partial charge in [-0.25, -0.2) is 0 Å². The average molecular weight is 287 g/mol. The third-order valence-corrected chi connectivity index (χ3v) is 4.18. The molecule has 1 fully saturated rings. The summed E-state index contributed by atoms with van der Waals surface area (Å²) in [4.78, 5) is 4.60. The number of anilines is 1. The van der Waals surface area contributed by atoms with Crippen molar-refractivity contribution < 1.29 is 9.26 Å². The average Bonchev–Trinajstić information content (AvgIpc) is 3.12. The quantitative estimate of drug-likeness (QED) is 0.855. The molecule has 0 amide bonds. The van der Waals surface area contributed by atoms with Crippen molar-refractivity contribution in [1.29, 1.82) is 0 Å². The Kier molecular flexibility index (Phi) is 3.45. The molecule has 0 saturated heterocycles. The lowest BCUT2D eigenvalue weighted by Crippen LogP contribution is -2.12. The number of nitrogen functional groups attached to an aromatic ring is 1. The van der Waals surface area contributed by atoms with Gasteiger partial charge in [-0.15, -0.1) is 0 Å². The molecule has 5 nitrogen and oxygen atoms in total. The van der Waals surface area contributed by atoms with E-state index in [1.165, 1.54) is 5.56 Å². The van der Waals surface area contributed by atoms with Crippen molar-refractivity contribution in [3.8, 4) is 0 Å². The largest absolute Gasteiger partial charge is 0.399 e. The second kappa shape index (κ2) is 5.15. The molecule has 1 aliphatic rings. The molecule has 1 saturated carbocycles. The maximum Gasteiger partial charge on any atom is 0.237 e. The molecule has 21 heavy (non-hydrogen) atoms. The number of rotatable bonds is 5. The van der Waals surface area contributed by atoms with Crippen LogP contribution in [0.1, 0.15) is 50.1 Å². The predicted molar refractivity (Wildman–Crippen MR) is 79.8 cm³/mol. The van der Waals surface area contributed by atoms with Gasteiger partial charge in [-0.3, -0.25) is 0 Å². The van der Waals surface area contributed by atoms with Crippen LogP contribution in [0.25, 0.3) is 0 Å². The molecule has 0 bridgehead atoms. The van der Waals surface area contributed by atoms with Crippen LogP contribution in [0.3, 0.4) is 0 Å². The highest BCUT2D eigenvalue weighted by Crippen LogP contribution is 2.53. The number of hydrogen-bond donors (Lipinski definition) is 1. The van der Waals surface area contributed by atoms with Crippen molar-refractivity contribution in [2.75, 3.05) is 12.8 Å². The van der Waals surface area contributed by atoms with Gasteiger partial charge in [0.1, 0.15) is 6.10 Å². The maximum atomic E-state index is 5.76. The number of nitrogens with two attached hydrogens (primary N) is 1. The second-order valence-corrected chi connectivity index (χ2v) is 6.06. The SMILES string of the molecule is COC(c1noc(C2(c3ccc(N)cc3)CC2)n1)C(C)C. The van der Waals surface area contributed by atoms with Gasteiger partial charge < -0.3 is 15.0 Å². The summed E-state index contributed by atoms with van der Waals surface area (Å²) >= 11 is 0. The Hall–Kier alpha value is -1.88. The van der Waals surface area contributed by atoms with E-state index in [0.717, 1.165) is 18.5 Å². The molecule has 1 unspecified atom stereocenters. The molecule has 3 rings (SSSR count). The zero-order valence-corrected chi connectivity index (χ0v) is 12.7. The van der Waals surface area contributed by atoms with Gasteiger partial charge in [-0.2, -0.15) is 4.98 Å².